The van der Waals surface area contributed by atoms with Crippen molar-refractivity contribution in [3.05, 3.63) is 54.0 Å². The Kier molecular flexibility index (Phi) is 5.66. The van der Waals surface area contributed by atoms with Crippen LogP contribution in [0.4, 0.5) is 0 Å². The zero-order valence-electron chi connectivity index (χ0n) is 17.0. The number of hydrogen-bond acceptors (Lipinski definition) is 7. The number of nitrogens with zero attached hydrogens (tertiary/aromatic N) is 3. The molecule has 0 aliphatic carbocycles. The van der Waals surface area contributed by atoms with Crippen molar-refractivity contribution in [3.8, 4) is 5.75 Å². The molecule has 2 aliphatic heterocycles. The molecule has 1 aromatic carbocycles. The van der Waals surface area contributed by atoms with Crippen molar-refractivity contribution in [2.24, 2.45) is 5.10 Å². The fraction of sp³-hybridized carbons (Fsp3) is 0.429. The molecule has 0 bridgehead atoms. The lowest BCUT2D eigenvalue weighted by atomic mass is 10.0. The lowest BCUT2D eigenvalue weighted by molar-refractivity contribution is -0.134. The van der Waals surface area contributed by atoms with Crippen molar-refractivity contribution in [3.63, 3.8) is 0 Å². The van der Waals surface area contributed by atoms with Gasteiger partial charge in [-0.3, -0.25) is 9.69 Å². The molecule has 1 aromatic heterocycles. The minimum atomic E-state index is -3.01. The molecule has 0 spiro atoms. The summed E-state index contributed by atoms with van der Waals surface area (Å²) in [7, 11) is 0.388. The third-order valence-corrected chi connectivity index (χ3v) is 7.43. The van der Waals surface area contributed by atoms with Gasteiger partial charge in [0.25, 0.3) is 5.91 Å². The van der Waals surface area contributed by atoms with Crippen LogP contribution in [0.15, 0.2) is 52.2 Å². The number of carbonyl (C=O) groups excluding carboxylic acids is 1. The molecule has 30 heavy (non-hydrogen) atoms. The lowest BCUT2D eigenvalue weighted by Crippen LogP contribution is -2.41. The summed E-state index contributed by atoms with van der Waals surface area (Å²) >= 11 is 0. The van der Waals surface area contributed by atoms with Crippen LogP contribution in [0, 0.1) is 0 Å². The summed E-state index contributed by atoms with van der Waals surface area (Å²) in [5, 5.41) is 6.08. The largest absolute Gasteiger partial charge is 0.497 e. The molecule has 8 nitrogen and oxygen atoms in total. The Labute approximate surface area is 176 Å². The van der Waals surface area contributed by atoms with E-state index in [2.05, 4.69) is 5.10 Å². The number of sulfone groups is 1. The van der Waals surface area contributed by atoms with Crippen molar-refractivity contribution in [2.45, 2.75) is 24.9 Å². The normalized spacial score (nSPS) is 23.0. The zero-order chi connectivity index (χ0) is 21.3. The van der Waals surface area contributed by atoms with E-state index in [1.807, 2.05) is 35.2 Å². The van der Waals surface area contributed by atoms with Crippen LogP contribution in [0.2, 0.25) is 0 Å². The van der Waals surface area contributed by atoms with E-state index >= 15 is 0 Å². The molecule has 0 unspecified atom stereocenters. The van der Waals surface area contributed by atoms with Crippen molar-refractivity contribution in [1.29, 1.82) is 0 Å². The number of rotatable bonds is 6. The molecule has 0 radical (unpaired) electrons. The van der Waals surface area contributed by atoms with E-state index in [0.29, 0.717) is 18.6 Å². The summed E-state index contributed by atoms with van der Waals surface area (Å²) in [5.41, 5.74) is 1.70. The van der Waals surface area contributed by atoms with Gasteiger partial charge in [0.1, 0.15) is 17.6 Å². The van der Waals surface area contributed by atoms with Crippen molar-refractivity contribution in [2.75, 3.05) is 32.2 Å². The van der Waals surface area contributed by atoms with Gasteiger partial charge in [-0.05, 0) is 55.4 Å². The first-order chi connectivity index (χ1) is 14.4. The quantitative estimate of drug-likeness (QED) is 0.695. The average molecular weight is 432 g/mol. The standard InChI is InChI=1S/C21H25N3O5S/c1-23(16-9-11-30(26,27)14-16)13-21(25)24-19(20-4-3-10-29-20)12-18(22-24)15-5-7-17(28-2)8-6-15/h3-8,10,16,19H,9,11-14H2,1-2H3/t16-,19-/m0/s1. The number of benzene rings is 1. The van der Waals surface area contributed by atoms with Crippen LogP contribution in [-0.2, 0) is 14.6 Å². The molecule has 0 N–H and O–H groups in total. The topological polar surface area (TPSA) is 92.4 Å². The molecule has 160 valence electrons. The second kappa shape index (κ2) is 8.23. The van der Waals surface area contributed by atoms with Crippen molar-refractivity contribution >= 4 is 21.5 Å². The molecule has 1 saturated heterocycles. The predicted molar refractivity (Wildman–Crippen MR) is 112 cm³/mol. The third-order valence-electron chi connectivity index (χ3n) is 5.68. The average Bonchev–Trinajstić information content (AvgIpc) is 3.47. The molecule has 3 heterocycles. The Balaban J connectivity index is 1.54. The van der Waals surface area contributed by atoms with E-state index in [4.69, 9.17) is 9.15 Å². The Morgan fingerprint density at radius 3 is 2.67 bits per heavy atom. The SMILES string of the molecule is COc1ccc(C2=NN(C(=O)CN(C)[C@H]3CCS(=O)(=O)C3)[C@H](c3ccco3)C2)cc1. The first-order valence-corrected chi connectivity index (χ1v) is 11.7. The summed E-state index contributed by atoms with van der Waals surface area (Å²) in [4.78, 5) is 14.9. The van der Waals surface area contributed by atoms with Crippen LogP contribution in [0.25, 0.3) is 0 Å². The van der Waals surface area contributed by atoms with E-state index in [1.54, 1.807) is 26.5 Å². The van der Waals surface area contributed by atoms with Gasteiger partial charge < -0.3 is 9.15 Å². The van der Waals surface area contributed by atoms with Gasteiger partial charge >= 0.3 is 0 Å². The van der Waals surface area contributed by atoms with Gasteiger partial charge in [-0.1, -0.05) is 0 Å². The van der Waals surface area contributed by atoms with E-state index in [-0.39, 0.29) is 36.0 Å². The molecule has 2 atom stereocenters. The highest BCUT2D eigenvalue weighted by Crippen LogP contribution is 2.33. The Bertz CT molecular complexity index is 1030. The second-order valence-corrected chi connectivity index (χ2v) is 9.95. The number of amides is 1. The molecule has 1 amide bonds. The van der Waals surface area contributed by atoms with Crippen LogP contribution < -0.4 is 4.74 Å². The lowest BCUT2D eigenvalue weighted by Gasteiger charge is -2.26. The summed E-state index contributed by atoms with van der Waals surface area (Å²) in [5.74, 6) is 1.50. The Morgan fingerprint density at radius 2 is 2.07 bits per heavy atom. The minimum absolute atomic E-state index is 0.0940. The number of carbonyl (C=O) groups is 1. The van der Waals surface area contributed by atoms with Crippen LogP contribution in [0.3, 0.4) is 0 Å². The van der Waals surface area contributed by atoms with Gasteiger partial charge in [0.05, 0.1) is 37.1 Å². The maximum Gasteiger partial charge on any atom is 0.257 e. The molecular weight excluding hydrogens is 406 g/mol. The van der Waals surface area contributed by atoms with Gasteiger partial charge in [-0.2, -0.15) is 5.10 Å². The second-order valence-electron chi connectivity index (χ2n) is 7.72. The highest BCUT2D eigenvalue weighted by molar-refractivity contribution is 7.91. The van der Waals surface area contributed by atoms with Gasteiger partial charge in [0, 0.05) is 12.5 Å². The number of furan rings is 1. The number of hydrazone groups is 1. The van der Waals surface area contributed by atoms with Crippen LogP contribution in [-0.4, -0.2) is 68.2 Å². The smallest absolute Gasteiger partial charge is 0.257 e. The van der Waals surface area contributed by atoms with Crippen LogP contribution in [0.5, 0.6) is 5.75 Å². The number of hydrogen-bond donors (Lipinski definition) is 0. The summed E-state index contributed by atoms with van der Waals surface area (Å²) < 4.78 is 34.3. The van der Waals surface area contributed by atoms with Gasteiger partial charge in [0.2, 0.25) is 0 Å². The van der Waals surface area contributed by atoms with Crippen molar-refractivity contribution < 1.29 is 22.4 Å². The van der Waals surface area contributed by atoms with E-state index in [1.165, 1.54) is 5.01 Å². The molecule has 1 fully saturated rings. The van der Waals surface area contributed by atoms with Crippen LogP contribution in [0.1, 0.15) is 30.2 Å². The molecule has 2 aliphatic rings. The number of ether oxygens (including phenoxy) is 1. The molecular formula is C21H25N3O5S. The maximum absolute atomic E-state index is 13.1. The molecule has 2 aromatic rings. The number of likely N-dealkylation sites (N-methyl/N-ethyl adjacent to an activating group) is 1. The fourth-order valence-corrected chi connectivity index (χ4v) is 5.74. The monoisotopic (exact) mass is 431 g/mol. The third kappa shape index (κ3) is 4.27. The Morgan fingerprint density at radius 1 is 1.30 bits per heavy atom. The molecule has 0 saturated carbocycles. The summed E-state index contributed by atoms with van der Waals surface area (Å²) in [6.45, 7) is 0.0940. The van der Waals surface area contributed by atoms with Crippen LogP contribution >= 0.6 is 0 Å². The first-order valence-electron chi connectivity index (χ1n) is 9.84. The summed E-state index contributed by atoms with van der Waals surface area (Å²) in [6.07, 6.45) is 2.67. The minimum Gasteiger partial charge on any atom is -0.497 e. The van der Waals surface area contributed by atoms with Gasteiger partial charge in [0.15, 0.2) is 9.84 Å². The van der Waals surface area contributed by atoms with E-state index in [0.717, 1.165) is 17.0 Å². The van der Waals surface area contributed by atoms with Gasteiger partial charge in [-0.25, -0.2) is 13.4 Å². The predicted octanol–water partition coefficient (Wildman–Crippen LogP) is 2.08. The zero-order valence-corrected chi connectivity index (χ0v) is 17.8. The van der Waals surface area contributed by atoms with E-state index < -0.39 is 9.84 Å². The Hall–Kier alpha value is -2.65. The summed E-state index contributed by atoms with van der Waals surface area (Å²) in [6, 6.07) is 10.7. The molecule has 4 rings (SSSR count). The first kappa shape index (κ1) is 20.6. The van der Waals surface area contributed by atoms with Crippen molar-refractivity contribution in [1.82, 2.24) is 9.91 Å². The molecule has 9 heteroatoms. The maximum atomic E-state index is 13.1. The van der Waals surface area contributed by atoms with E-state index in [9.17, 15) is 13.2 Å². The highest BCUT2D eigenvalue weighted by Gasteiger charge is 2.37. The fourth-order valence-electron chi connectivity index (χ4n) is 3.94. The highest BCUT2D eigenvalue weighted by atomic mass is 32.2. The van der Waals surface area contributed by atoms with Gasteiger partial charge in [-0.15, -0.1) is 0 Å². The number of methoxy groups -OCH3 is 1.